The van der Waals surface area contributed by atoms with E-state index in [1.165, 1.54) is 19.2 Å². The van der Waals surface area contributed by atoms with Gasteiger partial charge in [-0.2, -0.15) is 0 Å². The van der Waals surface area contributed by atoms with Crippen LogP contribution in [-0.2, 0) is 21.2 Å². The molecule has 25 heavy (non-hydrogen) atoms. The number of carboxylic acid groups (broad SMARTS) is 1. The molecular formula is C17H16N2O5S. The molecule has 0 amide bonds. The highest BCUT2D eigenvalue weighted by molar-refractivity contribution is 7.90. The number of hydrogen-bond acceptors (Lipinski definition) is 5. The number of benzene rings is 1. The third kappa shape index (κ3) is 3.20. The third-order valence-corrected chi connectivity index (χ3v) is 5.53. The van der Waals surface area contributed by atoms with Gasteiger partial charge in [0, 0.05) is 11.8 Å². The minimum Gasteiger partial charge on any atom is -0.481 e. The number of aliphatic carboxylic acids is 1. The predicted molar refractivity (Wildman–Crippen MR) is 91.3 cm³/mol. The number of carbonyl (C=O) groups is 1. The Labute approximate surface area is 144 Å². The zero-order valence-electron chi connectivity index (χ0n) is 13.4. The molecule has 7 nitrogen and oxygen atoms in total. The van der Waals surface area contributed by atoms with Gasteiger partial charge in [0.2, 0.25) is 5.88 Å². The number of rotatable bonds is 6. The van der Waals surface area contributed by atoms with Crippen LogP contribution in [-0.4, -0.2) is 35.6 Å². The molecule has 2 heterocycles. The maximum absolute atomic E-state index is 13.1. The van der Waals surface area contributed by atoms with Crippen molar-refractivity contribution in [3.05, 3.63) is 54.2 Å². The van der Waals surface area contributed by atoms with Crippen LogP contribution in [0.4, 0.5) is 0 Å². The molecule has 0 aliphatic rings. The molecule has 1 N–H and O–H groups in total. The van der Waals surface area contributed by atoms with Crippen molar-refractivity contribution in [2.75, 3.05) is 7.11 Å². The summed E-state index contributed by atoms with van der Waals surface area (Å²) in [5.41, 5.74) is 1.17. The predicted octanol–water partition coefficient (Wildman–Crippen LogP) is 2.30. The maximum atomic E-state index is 13.1. The molecule has 0 aliphatic heterocycles. The maximum Gasteiger partial charge on any atom is 0.303 e. The second kappa shape index (κ2) is 6.56. The van der Waals surface area contributed by atoms with Crippen LogP contribution in [0.15, 0.2) is 53.4 Å². The van der Waals surface area contributed by atoms with E-state index in [9.17, 15) is 13.2 Å². The molecule has 0 fully saturated rings. The Morgan fingerprint density at radius 2 is 1.92 bits per heavy atom. The van der Waals surface area contributed by atoms with Crippen molar-refractivity contribution in [1.82, 2.24) is 8.96 Å². The van der Waals surface area contributed by atoms with Gasteiger partial charge in [0.05, 0.1) is 29.5 Å². The minimum atomic E-state index is -3.88. The molecule has 1 aromatic carbocycles. The van der Waals surface area contributed by atoms with E-state index in [0.29, 0.717) is 22.6 Å². The molecule has 0 saturated heterocycles. The summed E-state index contributed by atoms with van der Waals surface area (Å²) in [5.74, 6) is -0.647. The number of methoxy groups -OCH3 is 1. The van der Waals surface area contributed by atoms with Crippen molar-refractivity contribution >= 4 is 27.0 Å². The molecular weight excluding hydrogens is 344 g/mol. The quantitative estimate of drug-likeness (QED) is 0.724. The molecule has 130 valence electrons. The standard InChI is InChI=1S/C17H16N2O5S/c1-24-16-9-8-15-14(18-16)11-12(7-10-17(20)21)19(15)25(22,23)13-5-3-2-4-6-13/h2-6,8-9,11H,7,10H2,1H3,(H,20,21). The largest absolute Gasteiger partial charge is 0.481 e. The summed E-state index contributed by atoms with van der Waals surface area (Å²) in [6.07, 6.45) is -0.113. The van der Waals surface area contributed by atoms with Gasteiger partial charge >= 0.3 is 5.97 Å². The van der Waals surface area contributed by atoms with Crippen LogP contribution >= 0.6 is 0 Å². The van der Waals surface area contributed by atoms with Gasteiger partial charge in [-0.05, 0) is 30.7 Å². The van der Waals surface area contributed by atoms with Gasteiger partial charge < -0.3 is 9.84 Å². The van der Waals surface area contributed by atoms with E-state index in [4.69, 9.17) is 9.84 Å². The fourth-order valence-corrected chi connectivity index (χ4v) is 4.18. The molecule has 3 rings (SSSR count). The topological polar surface area (TPSA) is 98.5 Å². The zero-order valence-corrected chi connectivity index (χ0v) is 14.2. The molecule has 2 aromatic heterocycles. The second-order valence-corrected chi connectivity index (χ2v) is 7.16. The molecule has 0 spiro atoms. The van der Waals surface area contributed by atoms with Gasteiger partial charge in [-0.3, -0.25) is 4.79 Å². The van der Waals surface area contributed by atoms with E-state index >= 15 is 0 Å². The first kappa shape index (κ1) is 17.0. The Morgan fingerprint density at radius 3 is 2.56 bits per heavy atom. The third-order valence-electron chi connectivity index (χ3n) is 3.75. The van der Waals surface area contributed by atoms with Gasteiger partial charge in [0.25, 0.3) is 10.0 Å². The lowest BCUT2D eigenvalue weighted by Crippen LogP contribution is -2.16. The molecule has 0 aliphatic carbocycles. The lowest BCUT2D eigenvalue weighted by molar-refractivity contribution is -0.136. The number of pyridine rings is 1. The molecule has 8 heteroatoms. The van der Waals surface area contributed by atoms with Crippen LogP contribution in [0.2, 0.25) is 0 Å². The number of nitrogens with zero attached hydrogens (tertiary/aromatic N) is 2. The highest BCUT2D eigenvalue weighted by Gasteiger charge is 2.24. The number of hydrogen-bond donors (Lipinski definition) is 1. The molecule has 0 radical (unpaired) electrons. The van der Waals surface area contributed by atoms with Gasteiger partial charge in [-0.25, -0.2) is 17.4 Å². The summed E-state index contributed by atoms with van der Waals surface area (Å²) in [6, 6.07) is 12.8. The van der Waals surface area contributed by atoms with Crippen molar-refractivity contribution in [3.8, 4) is 5.88 Å². The summed E-state index contributed by atoms with van der Waals surface area (Å²) in [4.78, 5) is 15.3. The summed E-state index contributed by atoms with van der Waals surface area (Å²) >= 11 is 0. The van der Waals surface area contributed by atoms with Crippen LogP contribution < -0.4 is 4.74 Å². The average Bonchev–Trinajstić information content (AvgIpc) is 2.98. The molecule has 0 bridgehead atoms. The Morgan fingerprint density at radius 1 is 1.20 bits per heavy atom. The van der Waals surface area contributed by atoms with Crippen LogP contribution in [0.1, 0.15) is 12.1 Å². The van der Waals surface area contributed by atoms with E-state index in [1.54, 1.807) is 36.4 Å². The summed E-state index contributed by atoms with van der Waals surface area (Å²) < 4.78 is 32.4. The van der Waals surface area contributed by atoms with Crippen LogP contribution in [0.25, 0.3) is 11.0 Å². The lowest BCUT2D eigenvalue weighted by Gasteiger charge is -2.11. The smallest absolute Gasteiger partial charge is 0.303 e. The molecule has 3 aromatic rings. The first-order valence-corrected chi connectivity index (χ1v) is 8.95. The highest BCUT2D eigenvalue weighted by Crippen LogP contribution is 2.27. The number of ether oxygens (including phenoxy) is 1. The molecule has 0 unspecified atom stereocenters. The van der Waals surface area contributed by atoms with Gasteiger partial charge in [-0.15, -0.1) is 0 Å². The molecule has 0 saturated carbocycles. The summed E-state index contributed by atoms with van der Waals surface area (Å²) in [5, 5.41) is 8.95. The molecule has 0 atom stereocenters. The number of aryl methyl sites for hydroxylation is 1. The number of carboxylic acids is 1. The first-order valence-electron chi connectivity index (χ1n) is 7.51. The van der Waals surface area contributed by atoms with Gasteiger partial charge in [0.15, 0.2) is 0 Å². The van der Waals surface area contributed by atoms with E-state index in [0.717, 1.165) is 3.97 Å². The average molecular weight is 360 g/mol. The summed E-state index contributed by atoms with van der Waals surface area (Å²) in [6.45, 7) is 0. The first-order chi connectivity index (χ1) is 11.9. The monoisotopic (exact) mass is 360 g/mol. The van der Waals surface area contributed by atoms with Gasteiger partial charge in [0.1, 0.15) is 0 Å². The highest BCUT2D eigenvalue weighted by atomic mass is 32.2. The summed E-state index contributed by atoms with van der Waals surface area (Å²) in [7, 11) is -2.41. The lowest BCUT2D eigenvalue weighted by atomic mass is 10.2. The Hall–Kier alpha value is -2.87. The van der Waals surface area contributed by atoms with E-state index < -0.39 is 16.0 Å². The van der Waals surface area contributed by atoms with Crippen molar-refractivity contribution in [1.29, 1.82) is 0 Å². The Balaban J connectivity index is 2.23. The normalized spacial score (nSPS) is 11.6. The fourth-order valence-electron chi connectivity index (χ4n) is 2.60. The Kier molecular flexibility index (Phi) is 4.45. The van der Waals surface area contributed by atoms with Crippen molar-refractivity contribution in [3.63, 3.8) is 0 Å². The van der Waals surface area contributed by atoms with Crippen molar-refractivity contribution < 1.29 is 23.1 Å². The second-order valence-electron chi connectivity index (χ2n) is 5.37. The van der Waals surface area contributed by atoms with Gasteiger partial charge in [-0.1, -0.05) is 18.2 Å². The van der Waals surface area contributed by atoms with E-state index in [2.05, 4.69) is 4.98 Å². The van der Waals surface area contributed by atoms with E-state index in [1.807, 2.05) is 0 Å². The van der Waals surface area contributed by atoms with E-state index in [-0.39, 0.29) is 17.7 Å². The van der Waals surface area contributed by atoms with Crippen LogP contribution in [0, 0.1) is 0 Å². The van der Waals surface area contributed by atoms with Crippen molar-refractivity contribution in [2.45, 2.75) is 17.7 Å². The SMILES string of the molecule is COc1ccc2c(cc(CCC(=O)O)n2S(=O)(=O)c2ccccc2)n1. The number of fused-ring (bicyclic) bond motifs is 1. The van der Waals surface area contributed by atoms with Crippen molar-refractivity contribution in [2.24, 2.45) is 0 Å². The Bertz CT molecular complexity index is 1030. The number of aromatic nitrogens is 2. The fraction of sp³-hybridized carbons (Fsp3) is 0.176. The minimum absolute atomic E-state index is 0.0695. The zero-order chi connectivity index (χ0) is 18.0. The van der Waals surface area contributed by atoms with Crippen LogP contribution in [0.5, 0.6) is 5.88 Å². The van der Waals surface area contributed by atoms with Crippen LogP contribution in [0.3, 0.4) is 0 Å².